The summed E-state index contributed by atoms with van der Waals surface area (Å²) in [5, 5.41) is 0. The van der Waals surface area contributed by atoms with Crippen LogP contribution < -0.4 is 5.73 Å². The molecule has 0 aliphatic heterocycles. The Balaban J connectivity index is 1.93. The zero-order chi connectivity index (χ0) is 12.1. The number of nitrogens with zero attached hydrogens (tertiary/aromatic N) is 1. The predicted octanol–water partition coefficient (Wildman–Crippen LogP) is 2.68. The number of oxazole rings is 1. The van der Waals surface area contributed by atoms with Crippen LogP contribution in [0.3, 0.4) is 0 Å². The monoisotopic (exact) mass is 252 g/mol. The van der Waals surface area contributed by atoms with Gasteiger partial charge in [0.05, 0.1) is 11.4 Å². The summed E-state index contributed by atoms with van der Waals surface area (Å²) in [6.07, 6.45) is 1.05. The zero-order valence-electron chi connectivity index (χ0n) is 9.81. The Morgan fingerprint density at radius 2 is 2.35 bits per heavy atom. The van der Waals surface area contributed by atoms with Gasteiger partial charge in [0.15, 0.2) is 5.58 Å². The molecule has 1 aromatic carbocycles. The molecule has 17 heavy (non-hydrogen) atoms. The van der Waals surface area contributed by atoms with E-state index in [1.807, 2.05) is 18.2 Å². The number of nitrogens with two attached hydrogens (primary N) is 1. The largest absolute Gasteiger partial charge is 0.440 e. The maximum absolute atomic E-state index is 5.82. The maximum atomic E-state index is 5.82. The minimum atomic E-state index is 0.668. The second-order valence-corrected chi connectivity index (χ2v) is 4.81. The fourth-order valence-corrected chi connectivity index (χ4v) is 2.31. The molecule has 0 saturated carbocycles. The predicted molar refractivity (Wildman–Crippen MR) is 71.1 cm³/mol. The van der Waals surface area contributed by atoms with E-state index < -0.39 is 0 Å². The van der Waals surface area contributed by atoms with Gasteiger partial charge in [-0.25, -0.2) is 4.98 Å². The third-order valence-corrected chi connectivity index (χ3v) is 3.39. The highest BCUT2D eigenvalue weighted by Gasteiger charge is 2.07. The highest BCUT2D eigenvalue weighted by Crippen LogP contribution is 2.23. The van der Waals surface area contributed by atoms with Crippen LogP contribution in [0.4, 0.5) is 5.69 Å². The molecule has 0 spiro atoms. The molecule has 2 rings (SSSR count). The average molecular weight is 252 g/mol. The number of benzene rings is 1. The lowest BCUT2D eigenvalue weighted by molar-refractivity contribution is 0.200. The lowest BCUT2D eigenvalue weighted by Crippen LogP contribution is -1.91. The first kappa shape index (κ1) is 12.3. The Morgan fingerprint density at radius 3 is 3.12 bits per heavy atom. The van der Waals surface area contributed by atoms with Crippen molar-refractivity contribution >= 4 is 28.5 Å². The molecule has 92 valence electrons. The lowest BCUT2D eigenvalue weighted by Gasteiger charge is -1.97. The van der Waals surface area contributed by atoms with E-state index in [0.717, 1.165) is 41.5 Å². The number of fused-ring (bicyclic) bond motifs is 1. The van der Waals surface area contributed by atoms with E-state index in [1.165, 1.54) is 0 Å². The first-order chi connectivity index (χ1) is 8.31. The van der Waals surface area contributed by atoms with Gasteiger partial charge in [0.25, 0.3) is 0 Å². The SMILES string of the molecule is COCCCSCc1nc2c(N)cccc2o1. The second-order valence-electron chi connectivity index (χ2n) is 3.70. The van der Waals surface area contributed by atoms with E-state index in [2.05, 4.69) is 4.98 Å². The highest BCUT2D eigenvalue weighted by molar-refractivity contribution is 7.98. The quantitative estimate of drug-likeness (QED) is 0.632. The Hall–Kier alpha value is -1.20. The van der Waals surface area contributed by atoms with Gasteiger partial charge in [-0.05, 0) is 24.3 Å². The van der Waals surface area contributed by atoms with E-state index >= 15 is 0 Å². The van der Waals surface area contributed by atoms with E-state index in [0.29, 0.717) is 5.69 Å². The van der Waals surface area contributed by atoms with Crippen LogP contribution in [0.2, 0.25) is 0 Å². The summed E-state index contributed by atoms with van der Waals surface area (Å²) in [5.74, 6) is 2.56. The van der Waals surface area contributed by atoms with E-state index in [-0.39, 0.29) is 0 Å². The molecule has 0 unspecified atom stereocenters. The molecule has 1 heterocycles. The van der Waals surface area contributed by atoms with Gasteiger partial charge in [0, 0.05) is 13.7 Å². The van der Waals surface area contributed by atoms with Crippen molar-refractivity contribution < 1.29 is 9.15 Å². The van der Waals surface area contributed by atoms with Crippen molar-refractivity contribution in [2.75, 3.05) is 25.2 Å². The van der Waals surface area contributed by atoms with Crippen molar-refractivity contribution in [3.63, 3.8) is 0 Å². The number of rotatable bonds is 6. The van der Waals surface area contributed by atoms with E-state index in [9.17, 15) is 0 Å². The molecule has 1 aromatic heterocycles. The molecule has 2 N–H and O–H groups in total. The van der Waals surface area contributed by atoms with Crippen LogP contribution in [0.15, 0.2) is 22.6 Å². The molecule has 0 aliphatic rings. The van der Waals surface area contributed by atoms with Crippen molar-refractivity contribution in [2.45, 2.75) is 12.2 Å². The molecule has 2 aromatic rings. The van der Waals surface area contributed by atoms with Gasteiger partial charge in [0.2, 0.25) is 5.89 Å². The van der Waals surface area contributed by atoms with Gasteiger partial charge in [-0.1, -0.05) is 6.07 Å². The highest BCUT2D eigenvalue weighted by atomic mass is 32.2. The Labute approximate surface area is 105 Å². The summed E-state index contributed by atoms with van der Waals surface area (Å²) in [7, 11) is 1.72. The van der Waals surface area contributed by atoms with Gasteiger partial charge in [-0.15, -0.1) is 0 Å². The molecular weight excluding hydrogens is 236 g/mol. The summed E-state index contributed by atoms with van der Waals surface area (Å²) in [6.45, 7) is 0.799. The van der Waals surface area contributed by atoms with Crippen molar-refractivity contribution in [1.29, 1.82) is 0 Å². The average Bonchev–Trinajstić information content (AvgIpc) is 2.73. The smallest absolute Gasteiger partial charge is 0.205 e. The summed E-state index contributed by atoms with van der Waals surface area (Å²) in [5.41, 5.74) is 8.01. The molecule has 4 nitrogen and oxygen atoms in total. The zero-order valence-corrected chi connectivity index (χ0v) is 10.6. The molecule has 0 amide bonds. The second kappa shape index (κ2) is 5.93. The van der Waals surface area contributed by atoms with Gasteiger partial charge >= 0.3 is 0 Å². The van der Waals surface area contributed by atoms with Gasteiger partial charge in [0.1, 0.15) is 5.52 Å². The van der Waals surface area contributed by atoms with Gasteiger partial charge in [-0.3, -0.25) is 0 Å². The number of para-hydroxylation sites is 1. The number of aromatic nitrogens is 1. The van der Waals surface area contributed by atoms with Crippen molar-refractivity contribution in [3.8, 4) is 0 Å². The minimum absolute atomic E-state index is 0.668. The number of nitrogen functional groups attached to an aromatic ring is 1. The Bertz CT molecular complexity index is 484. The standard InChI is InChI=1S/C12H16N2O2S/c1-15-6-3-7-17-8-11-14-12-9(13)4-2-5-10(12)16-11/h2,4-5H,3,6-8,13H2,1H3. The van der Waals surface area contributed by atoms with Crippen LogP contribution in [0.1, 0.15) is 12.3 Å². The van der Waals surface area contributed by atoms with Crippen LogP contribution in [-0.4, -0.2) is 24.5 Å². The summed E-state index contributed by atoms with van der Waals surface area (Å²) in [4.78, 5) is 4.39. The van der Waals surface area contributed by atoms with Crippen LogP contribution in [-0.2, 0) is 10.5 Å². The van der Waals surface area contributed by atoms with Crippen LogP contribution in [0.25, 0.3) is 11.1 Å². The molecule has 0 bridgehead atoms. The molecule has 0 atom stereocenters. The van der Waals surface area contributed by atoms with Crippen LogP contribution >= 0.6 is 11.8 Å². The minimum Gasteiger partial charge on any atom is -0.440 e. The van der Waals surface area contributed by atoms with Crippen LogP contribution in [0, 0.1) is 0 Å². The number of anilines is 1. The molecular formula is C12H16N2O2S. The van der Waals surface area contributed by atoms with E-state index in [1.54, 1.807) is 18.9 Å². The van der Waals surface area contributed by atoms with Crippen molar-refractivity contribution in [2.24, 2.45) is 0 Å². The van der Waals surface area contributed by atoms with Crippen molar-refractivity contribution in [1.82, 2.24) is 4.98 Å². The molecule has 5 heteroatoms. The first-order valence-corrected chi connectivity index (χ1v) is 6.67. The van der Waals surface area contributed by atoms with Crippen LogP contribution in [0.5, 0.6) is 0 Å². The Morgan fingerprint density at radius 1 is 1.47 bits per heavy atom. The number of thioether (sulfide) groups is 1. The summed E-state index contributed by atoms with van der Waals surface area (Å²) in [6, 6.07) is 5.59. The Kier molecular flexibility index (Phi) is 4.28. The van der Waals surface area contributed by atoms with Crippen molar-refractivity contribution in [3.05, 3.63) is 24.1 Å². The molecule has 0 radical (unpaired) electrons. The number of methoxy groups -OCH3 is 1. The fraction of sp³-hybridized carbons (Fsp3) is 0.417. The fourth-order valence-electron chi connectivity index (χ4n) is 1.54. The molecule has 0 saturated heterocycles. The summed E-state index contributed by atoms with van der Waals surface area (Å²) < 4.78 is 10.6. The first-order valence-electron chi connectivity index (χ1n) is 5.52. The maximum Gasteiger partial charge on any atom is 0.205 e. The normalized spacial score (nSPS) is 11.1. The number of hydrogen-bond acceptors (Lipinski definition) is 5. The summed E-state index contributed by atoms with van der Waals surface area (Å²) >= 11 is 1.79. The van der Waals surface area contributed by atoms with Gasteiger partial charge in [-0.2, -0.15) is 11.8 Å². The number of hydrogen-bond donors (Lipinski definition) is 1. The third-order valence-electron chi connectivity index (χ3n) is 2.36. The molecule has 0 aliphatic carbocycles. The van der Waals surface area contributed by atoms with E-state index in [4.69, 9.17) is 14.9 Å². The lowest BCUT2D eigenvalue weighted by atomic mass is 10.3. The third kappa shape index (κ3) is 3.14. The number of ether oxygens (including phenoxy) is 1. The topological polar surface area (TPSA) is 61.3 Å². The van der Waals surface area contributed by atoms with Gasteiger partial charge < -0.3 is 14.9 Å². The molecule has 0 fully saturated rings.